The molecule has 1 aromatic carbocycles. The Morgan fingerprint density at radius 3 is 2.70 bits per heavy atom. The van der Waals surface area contributed by atoms with Crippen molar-refractivity contribution >= 4 is 17.1 Å². The van der Waals surface area contributed by atoms with Crippen LogP contribution < -0.4 is 0 Å². The number of rotatable bonds is 3. The SMILES string of the molecule is O=C(c1cc2c(s1)CCCC2)C1CC1c1ccccc1. The van der Waals surface area contributed by atoms with Crippen LogP contribution in [0.25, 0.3) is 0 Å². The van der Waals surface area contributed by atoms with Gasteiger partial charge in [0, 0.05) is 10.8 Å². The van der Waals surface area contributed by atoms with Gasteiger partial charge in [-0.3, -0.25) is 4.79 Å². The summed E-state index contributed by atoms with van der Waals surface area (Å²) in [5.74, 6) is 1.08. The van der Waals surface area contributed by atoms with Gasteiger partial charge in [0.1, 0.15) is 0 Å². The summed E-state index contributed by atoms with van der Waals surface area (Å²) in [4.78, 5) is 15.1. The topological polar surface area (TPSA) is 17.1 Å². The molecule has 2 aromatic rings. The normalized spacial score (nSPS) is 24.2. The van der Waals surface area contributed by atoms with Gasteiger partial charge in [0.05, 0.1) is 4.88 Å². The lowest BCUT2D eigenvalue weighted by molar-refractivity contribution is 0.0969. The second-order valence-electron chi connectivity index (χ2n) is 5.99. The average molecular weight is 282 g/mol. The molecule has 2 atom stereocenters. The lowest BCUT2D eigenvalue weighted by atomic mass is 9.98. The largest absolute Gasteiger partial charge is 0.293 e. The van der Waals surface area contributed by atoms with Crippen LogP contribution >= 0.6 is 11.3 Å². The first-order valence-corrected chi connectivity index (χ1v) is 8.35. The number of hydrogen-bond acceptors (Lipinski definition) is 2. The maximum atomic E-state index is 12.6. The van der Waals surface area contributed by atoms with Crippen LogP contribution in [0.15, 0.2) is 36.4 Å². The number of thiophene rings is 1. The van der Waals surface area contributed by atoms with E-state index in [0.717, 1.165) is 11.3 Å². The van der Waals surface area contributed by atoms with Crippen LogP contribution in [-0.4, -0.2) is 5.78 Å². The van der Waals surface area contributed by atoms with E-state index in [1.807, 2.05) is 6.07 Å². The van der Waals surface area contributed by atoms with Gasteiger partial charge in [0.25, 0.3) is 0 Å². The minimum atomic E-state index is 0.234. The molecule has 0 spiro atoms. The second kappa shape index (κ2) is 4.85. The molecule has 0 radical (unpaired) electrons. The fraction of sp³-hybridized carbons (Fsp3) is 0.389. The van der Waals surface area contributed by atoms with Crippen molar-refractivity contribution in [1.29, 1.82) is 0 Å². The Bertz CT molecular complexity index is 617. The van der Waals surface area contributed by atoms with Crippen LogP contribution in [0.2, 0.25) is 0 Å². The van der Waals surface area contributed by atoms with E-state index in [9.17, 15) is 4.79 Å². The number of hydrogen-bond donors (Lipinski definition) is 0. The van der Waals surface area contributed by atoms with Gasteiger partial charge >= 0.3 is 0 Å². The van der Waals surface area contributed by atoms with E-state index < -0.39 is 0 Å². The fourth-order valence-corrected chi connectivity index (χ4v) is 4.61. The maximum absolute atomic E-state index is 12.6. The van der Waals surface area contributed by atoms with E-state index in [1.54, 1.807) is 11.3 Å². The van der Waals surface area contributed by atoms with Crippen molar-refractivity contribution < 1.29 is 4.79 Å². The van der Waals surface area contributed by atoms with Crippen LogP contribution in [0.3, 0.4) is 0 Å². The van der Waals surface area contributed by atoms with Crippen LogP contribution in [0, 0.1) is 5.92 Å². The number of Topliss-reactive ketones (excluding diaryl/α,β-unsaturated/α-hetero) is 1. The zero-order valence-electron chi connectivity index (χ0n) is 11.5. The maximum Gasteiger partial charge on any atom is 0.176 e. The van der Waals surface area contributed by atoms with Crippen molar-refractivity contribution in [3.8, 4) is 0 Å². The molecule has 0 amide bonds. The van der Waals surface area contributed by atoms with Crippen molar-refractivity contribution in [2.75, 3.05) is 0 Å². The smallest absolute Gasteiger partial charge is 0.176 e. The van der Waals surface area contributed by atoms with Crippen molar-refractivity contribution in [2.45, 2.75) is 38.0 Å². The highest BCUT2D eigenvalue weighted by Crippen LogP contribution is 2.50. The van der Waals surface area contributed by atoms with Crippen LogP contribution in [0.4, 0.5) is 0 Å². The average Bonchev–Trinajstić information content (AvgIpc) is 3.18. The molecule has 1 heterocycles. The van der Waals surface area contributed by atoms with Crippen molar-refractivity contribution in [1.82, 2.24) is 0 Å². The molecule has 1 fully saturated rings. The third-order valence-corrected chi connectivity index (χ3v) is 5.85. The first-order valence-electron chi connectivity index (χ1n) is 7.53. The van der Waals surface area contributed by atoms with E-state index >= 15 is 0 Å². The quantitative estimate of drug-likeness (QED) is 0.751. The number of carbonyl (C=O) groups is 1. The predicted molar refractivity (Wildman–Crippen MR) is 82.6 cm³/mol. The van der Waals surface area contributed by atoms with Gasteiger partial charge in [0.15, 0.2) is 5.78 Å². The molecular formula is C18H18OS. The Kier molecular flexibility index (Phi) is 2.99. The number of benzene rings is 1. The van der Waals surface area contributed by atoms with E-state index in [2.05, 4.69) is 30.3 Å². The van der Waals surface area contributed by atoms with Gasteiger partial charge in [-0.15, -0.1) is 11.3 Å². The van der Waals surface area contributed by atoms with Gasteiger partial charge in [-0.05, 0) is 55.2 Å². The van der Waals surface area contributed by atoms with E-state index in [-0.39, 0.29) is 5.92 Å². The monoisotopic (exact) mass is 282 g/mol. The standard InChI is InChI=1S/C18H18OS/c19-18(15-11-14(15)12-6-2-1-3-7-12)17-10-13-8-4-5-9-16(13)20-17/h1-3,6-7,10,14-15H,4-5,8-9,11H2. The second-order valence-corrected chi connectivity index (χ2v) is 7.13. The van der Waals surface area contributed by atoms with Gasteiger partial charge in [-0.2, -0.15) is 0 Å². The predicted octanol–water partition coefficient (Wildman–Crippen LogP) is 4.61. The highest BCUT2D eigenvalue weighted by atomic mass is 32.1. The summed E-state index contributed by atoms with van der Waals surface area (Å²) in [5.41, 5.74) is 2.77. The summed E-state index contributed by atoms with van der Waals surface area (Å²) >= 11 is 1.76. The molecule has 1 aromatic heterocycles. The first kappa shape index (κ1) is 12.3. The van der Waals surface area contributed by atoms with E-state index in [0.29, 0.717) is 11.7 Å². The minimum absolute atomic E-state index is 0.234. The number of ketones is 1. The molecule has 4 rings (SSSR count). The van der Waals surface area contributed by atoms with E-state index in [1.165, 1.54) is 41.7 Å². The molecule has 2 aliphatic rings. The molecule has 1 saturated carbocycles. The molecule has 0 bridgehead atoms. The molecule has 0 saturated heterocycles. The Labute approximate surface area is 123 Å². The van der Waals surface area contributed by atoms with Crippen molar-refractivity contribution in [3.63, 3.8) is 0 Å². The van der Waals surface area contributed by atoms with Gasteiger partial charge in [-0.25, -0.2) is 0 Å². The lowest BCUT2D eigenvalue weighted by Crippen LogP contribution is -2.00. The van der Waals surface area contributed by atoms with Crippen LogP contribution in [-0.2, 0) is 12.8 Å². The zero-order chi connectivity index (χ0) is 13.5. The molecular weight excluding hydrogens is 264 g/mol. The van der Waals surface area contributed by atoms with Crippen molar-refractivity contribution in [3.05, 3.63) is 57.3 Å². The molecule has 2 unspecified atom stereocenters. The first-order chi connectivity index (χ1) is 9.83. The molecule has 20 heavy (non-hydrogen) atoms. The molecule has 0 aliphatic heterocycles. The van der Waals surface area contributed by atoms with Crippen LogP contribution in [0.1, 0.15) is 50.9 Å². The van der Waals surface area contributed by atoms with Crippen LogP contribution in [0.5, 0.6) is 0 Å². The number of carbonyl (C=O) groups excluding carboxylic acids is 1. The Morgan fingerprint density at radius 2 is 1.90 bits per heavy atom. The summed E-state index contributed by atoms with van der Waals surface area (Å²) < 4.78 is 0. The van der Waals surface area contributed by atoms with Gasteiger partial charge in [-0.1, -0.05) is 30.3 Å². The van der Waals surface area contributed by atoms with Gasteiger partial charge in [0.2, 0.25) is 0 Å². The highest BCUT2D eigenvalue weighted by Gasteiger charge is 2.44. The molecule has 2 heteroatoms. The zero-order valence-corrected chi connectivity index (χ0v) is 12.3. The molecule has 102 valence electrons. The summed E-state index contributed by atoms with van der Waals surface area (Å²) in [7, 11) is 0. The number of fused-ring (bicyclic) bond motifs is 1. The number of aryl methyl sites for hydroxylation is 2. The van der Waals surface area contributed by atoms with Gasteiger partial charge < -0.3 is 0 Å². The Morgan fingerprint density at radius 1 is 1.10 bits per heavy atom. The lowest BCUT2D eigenvalue weighted by Gasteiger charge is -2.08. The Hall–Kier alpha value is -1.41. The molecule has 1 nitrogen and oxygen atoms in total. The third-order valence-electron chi connectivity index (χ3n) is 4.59. The summed E-state index contributed by atoms with van der Waals surface area (Å²) in [6.07, 6.45) is 5.96. The van der Waals surface area contributed by atoms with E-state index in [4.69, 9.17) is 0 Å². The summed E-state index contributed by atoms with van der Waals surface area (Å²) in [6.45, 7) is 0. The molecule has 2 aliphatic carbocycles. The van der Waals surface area contributed by atoms with Crippen molar-refractivity contribution in [2.24, 2.45) is 5.92 Å². The fourth-order valence-electron chi connectivity index (χ4n) is 3.35. The summed E-state index contributed by atoms with van der Waals surface area (Å²) in [6, 6.07) is 12.7. The third kappa shape index (κ3) is 2.12. The molecule has 0 N–H and O–H groups in total. The highest BCUT2D eigenvalue weighted by molar-refractivity contribution is 7.14. The Balaban J connectivity index is 1.53. The summed E-state index contributed by atoms with van der Waals surface area (Å²) in [5, 5.41) is 0. The minimum Gasteiger partial charge on any atom is -0.293 e.